The van der Waals surface area contributed by atoms with Gasteiger partial charge in [0.05, 0.1) is 19.3 Å². The molecule has 0 saturated carbocycles. The zero-order valence-corrected chi connectivity index (χ0v) is 15.5. The van der Waals surface area contributed by atoms with Gasteiger partial charge in [0.1, 0.15) is 0 Å². The summed E-state index contributed by atoms with van der Waals surface area (Å²) in [4.78, 5) is 16.7. The van der Waals surface area contributed by atoms with E-state index < -0.39 is 0 Å². The van der Waals surface area contributed by atoms with Crippen LogP contribution in [0, 0.1) is 13.8 Å². The quantitative estimate of drug-likeness (QED) is 0.594. The third-order valence-electron chi connectivity index (χ3n) is 3.78. The van der Waals surface area contributed by atoms with E-state index in [2.05, 4.69) is 5.10 Å². The minimum absolute atomic E-state index is 0.252. The molecule has 24 heavy (non-hydrogen) atoms. The summed E-state index contributed by atoms with van der Waals surface area (Å²) in [6.07, 6.45) is 3.19. The minimum atomic E-state index is -0.252. The number of amides is 1. The second kappa shape index (κ2) is 7.83. The lowest BCUT2D eigenvalue weighted by molar-refractivity contribution is -0.162. The van der Waals surface area contributed by atoms with Gasteiger partial charge in [0.2, 0.25) is 0 Å². The number of benzene rings is 1. The van der Waals surface area contributed by atoms with Crippen molar-refractivity contribution in [2.24, 2.45) is 0 Å². The Kier molecular flexibility index (Phi) is 6.04. The van der Waals surface area contributed by atoms with Crippen LogP contribution in [0.5, 0.6) is 0 Å². The predicted octanol–water partition coefficient (Wildman–Crippen LogP) is 3.89. The van der Waals surface area contributed by atoms with E-state index in [1.807, 2.05) is 18.5 Å². The van der Waals surface area contributed by atoms with E-state index in [1.54, 1.807) is 31.3 Å². The van der Waals surface area contributed by atoms with Crippen LogP contribution in [0.3, 0.4) is 0 Å². The summed E-state index contributed by atoms with van der Waals surface area (Å²) in [5, 5.41) is 6.87. The Morgan fingerprint density at radius 2 is 1.96 bits per heavy atom. The highest BCUT2D eigenvalue weighted by atomic mass is 35.5. The minimum Gasteiger partial charge on any atom is -0.274 e. The lowest BCUT2D eigenvalue weighted by atomic mass is 10.1. The fraction of sp³-hybridized carbons (Fsp3) is 0.294. The summed E-state index contributed by atoms with van der Waals surface area (Å²) in [5.74, 6) is -0.252. The van der Waals surface area contributed by atoms with E-state index in [4.69, 9.17) is 28.0 Å². The molecular formula is C17H19Cl2N3O2. The highest BCUT2D eigenvalue weighted by molar-refractivity contribution is 6.35. The van der Waals surface area contributed by atoms with E-state index in [0.717, 1.165) is 27.6 Å². The van der Waals surface area contributed by atoms with Gasteiger partial charge < -0.3 is 0 Å². The summed E-state index contributed by atoms with van der Waals surface area (Å²) in [7, 11) is 2.99. The molecule has 0 atom stereocenters. The average molecular weight is 368 g/mol. The number of carbonyl (C=O) groups is 1. The number of aryl methyl sites for hydroxylation is 1. The number of halogens is 2. The van der Waals surface area contributed by atoms with Crippen LogP contribution in [0.4, 0.5) is 0 Å². The van der Waals surface area contributed by atoms with Crippen LogP contribution >= 0.6 is 23.2 Å². The monoisotopic (exact) mass is 367 g/mol. The Morgan fingerprint density at radius 3 is 2.54 bits per heavy atom. The lowest BCUT2D eigenvalue weighted by Crippen LogP contribution is -2.22. The first-order valence-electron chi connectivity index (χ1n) is 7.32. The lowest BCUT2D eigenvalue weighted by Gasteiger charge is -2.10. The third kappa shape index (κ3) is 3.98. The highest BCUT2D eigenvalue weighted by Crippen LogP contribution is 2.26. The maximum Gasteiger partial charge on any atom is 0.269 e. The first-order valence-corrected chi connectivity index (χ1v) is 8.07. The van der Waals surface area contributed by atoms with E-state index in [-0.39, 0.29) is 5.91 Å². The van der Waals surface area contributed by atoms with Crippen molar-refractivity contribution in [1.82, 2.24) is 14.8 Å². The molecule has 1 aromatic carbocycles. The molecule has 5 nitrogen and oxygen atoms in total. The molecule has 7 heteroatoms. The zero-order valence-electron chi connectivity index (χ0n) is 14.0. The molecular weight excluding hydrogens is 349 g/mol. The molecule has 0 saturated heterocycles. The standard InChI is InChI=1S/C17H19Cl2N3O2/c1-11-13(8-9-17(23)21(3)24-4)12(2)22(20-11)10-14-15(18)6-5-7-16(14)19/h5-9H,10H2,1-4H3. The molecule has 0 spiro atoms. The smallest absolute Gasteiger partial charge is 0.269 e. The molecule has 2 aromatic rings. The third-order valence-corrected chi connectivity index (χ3v) is 4.49. The maximum atomic E-state index is 11.8. The van der Waals surface area contributed by atoms with E-state index in [9.17, 15) is 4.79 Å². The van der Waals surface area contributed by atoms with Gasteiger partial charge in [-0.15, -0.1) is 0 Å². The summed E-state index contributed by atoms with van der Waals surface area (Å²) in [5.41, 5.74) is 3.44. The van der Waals surface area contributed by atoms with Crippen molar-refractivity contribution in [2.75, 3.05) is 14.2 Å². The van der Waals surface area contributed by atoms with Crippen molar-refractivity contribution in [3.05, 3.63) is 56.8 Å². The molecule has 128 valence electrons. The van der Waals surface area contributed by atoms with Gasteiger partial charge >= 0.3 is 0 Å². The van der Waals surface area contributed by atoms with Gasteiger partial charge in [-0.05, 0) is 32.1 Å². The largest absolute Gasteiger partial charge is 0.274 e. The van der Waals surface area contributed by atoms with Crippen LogP contribution in [0.25, 0.3) is 6.08 Å². The second-order valence-corrected chi connectivity index (χ2v) is 6.11. The van der Waals surface area contributed by atoms with Crippen molar-refractivity contribution in [2.45, 2.75) is 20.4 Å². The topological polar surface area (TPSA) is 47.4 Å². The number of aromatic nitrogens is 2. The van der Waals surface area contributed by atoms with Gasteiger partial charge in [-0.2, -0.15) is 5.10 Å². The molecule has 0 aliphatic rings. The molecule has 0 fully saturated rings. The van der Waals surface area contributed by atoms with Crippen LogP contribution in [-0.2, 0) is 16.2 Å². The number of carbonyl (C=O) groups excluding carboxylic acids is 1. The Morgan fingerprint density at radius 1 is 1.33 bits per heavy atom. The fourth-order valence-electron chi connectivity index (χ4n) is 2.29. The van der Waals surface area contributed by atoms with E-state index in [1.165, 1.54) is 13.2 Å². The summed E-state index contributed by atoms with van der Waals surface area (Å²) >= 11 is 12.5. The zero-order chi connectivity index (χ0) is 17.9. The van der Waals surface area contributed by atoms with Crippen molar-refractivity contribution < 1.29 is 9.63 Å². The Balaban J connectivity index is 2.29. The number of likely N-dealkylation sites (N-methyl/N-ethyl adjacent to an activating group) is 1. The second-order valence-electron chi connectivity index (χ2n) is 5.29. The molecule has 0 radical (unpaired) electrons. The number of rotatable bonds is 5. The van der Waals surface area contributed by atoms with Crippen molar-refractivity contribution in [1.29, 1.82) is 0 Å². The highest BCUT2D eigenvalue weighted by Gasteiger charge is 2.13. The number of hydrogen-bond donors (Lipinski definition) is 0. The Labute approximate surface area is 151 Å². The van der Waals surface area contributed by atoms with Crippen molar-refractivity contribution >= 4 is 35.2 Å². The van der Waals surface area contributed by atoms with Gasteiger partial charge in [0.15, 0.2) is 0 Å². The number of hydroxylamine groups is 2. The summed E-state index contributed by atoms with van der Waals surface area (Å²) in [6.45, 7) is 4.29. The van der Waals surface area contributed by atoms with Crippen LogP contribution in [0.2, 0.25) is 10.0 Å². The Hall–Kier alpha value is -1.82. The molecule has 0 aliphatic carbocycles. The summed E-state index contributed by atoms with van der Waals surface area (Å²) in [6, 6.07) is 5.41. The van der Waals surface area contributed by atoms with Gasteiger partial charge in [-0.1, -0.05) is 29.3 Å². The Bertz CT molecular complexity index is 764. The van der Waals surface area contributed by atoms with Crippen LogP contribution < -0.4 is 0 Å². The van der Waals surface area contributed by atoms with Gasteiger partial charge in [-0.25, -0.2) is 5.06 Å². The molecule has 0 N–H and O–H groups in total. The average Bonchev–Trinajstić information content (AvgIpc) is 2.81. The van der Waals surface area contributed by atoms with Crippen molar-refractivity contribution in [3.8, 4) is 0 Å². The number of nitrogens with zero attached hydrogens (tertiary/aromatic N) is 3. The number of hydrogen-bond acceptors (Lipinski definition) is 3. The first-order chi connectivity index (χ1) is 11.3. The van der Waals surface area contributed by atoms with Crippen LogP contribution in [0.15, 0.2) is 24.3 Å². The molecule has 1 heterocycles. The fourth-order valence-corrected chi connectivity index (χ4v) is 2.81. The first kappa shape index (κ1) is 18.5. The van der Waals surface area contributed by atoms with Crippen LogP contribution in [0.1, 0.15) is 22.5 Å². The van der Waals surface area contributed by atoms with E-state index >= 15 is 0 Å². The van der Waals surface area contributed by atoms with Crippen LogP contribution in [-0.4, -0.2) is 34.9 Å². The molecule has 2 rings (SSSR count). The SMILES string of the molecule is CON(C)C(=O)C=Cc1c(C)nn(Cc2c(Cl)cccc2Cl)c1C. The molecule has 0 unspecified atom stereocenters. The molecule has 0 bridgehead atoms. The van der Waals surface area contributed by atoms with Crippen molar-refractivity contribution in [3.63, 3.8) is 0 Å². The normalized spacial score (nSPS) is 11.2. The molecule has 1 amide bonds. The van der Waals surface area contributed by atoms with Gasteiger partial charge in [-0.3, -0.25) is 14.3 Å². The predicted molar refractivity (Wildman–Crippen MR) is 96.1 cm³/mol. The summed E-state index contributed by atoms with van der Waals surface area (Å²) < 4.78 is 1.83. The van der Waals surface area contributed by atoms with Gasteiger partial charge in [0, 0.05) is 40.0 Å². The molecule has 0 aliphatic heterocycles. The van der Waals surface area contributed by atoms with Gasteiger partial charge in [0.25, 0.3) is 5.91 Å². The van der Waals surface area contributed by atoms with E-state index in [0.29, 0.717) is 16.6 Å². The molecule has 1 aromatic heterocycles. The maximum absolute atomic E-state index is 11.8.